The van der Waals surface area contributed by atoms with Crippen LogP contribution in [0, 0.1) is 5.92 Å². The van der Waals surface area contributed by atoms with Gasteiger partial charge >= 0.3 is 0 Å². The molecule has 2 saturated heterocycles. The number of piperidine rings is 1. The molecular weight excluding hydrogens is 160 g/mol. The van der Waals surface area contributed by atoms with E-state index >= 15 is 0 Å². The van der Waals surface area contributed by atoms with Gasteiger partial charge in [-0.2, -0.15) is 0 Å². The molecule has 0 spiro atoms. The maximum atomic E-state index is 3.54. The second kappa shape index (κ2) is 3.97. The van der Waals surface area contributed by atoms with Crippen LogP contribution in [0.15, 0.2) is 0 Å². The molecule has 0 aromatic heterocycles. The predicted octanol–water partition coefficient (Wildman–Crippen LogP) is 1.47. The summed E-state index contributed by atoms with van der Waals surface area (Å²) in [7, 11) is 0. The third-order valence-corrected chi connectivity index (χ3v) is 3.66. The summed E-state index contributed by atoms with van der Waals surface area (Å²) < 4.78 is 0. The lowest BCUT2D eigenvalue weighted by Gasteiger charge is -2.34. The van der Waals surface area contributed by atoms with Gasteiger partial charge < -0.3 is 5.32 Å². The maximum absolute atomic E-state index is 3.54. The molecule has 0 aromatic carbocycles. The average Bonchev–Trinajstić information content (AvgIpc) is 2.53. The van der Waals surface area contributed by atoms with Gasteiger partial charge in [0.1, 0.15) is 0 Å². The fraction of sp³-hybridized carbons (Fsp3) is 1.00. The van der Waals surface area contributed by atoms with Crippen LogP contribution in [-0.4, -0.2) is 36.6 Å². The smallest absolute Gasteiger partial charge is 0.0235 e. The van der Waals surface area contributed by atoms with Gasteiger partial charge in [-0.3, -0.25) is 4.90 Å². The van der Waals surface area contributed by atoms with Crippen molar-refractivity contribution in [2.75, 3.05) is 19.6 Å². The molecule has 0 aromatic rings. The SMILES string of the molecule is CC1CCN(C2CNC(C)C2)CC1. The fourth-order valence-corrected chi connectivity index (χ4v) is 2.58. The molecule has 2 rings (SSSR count). The Morgan fingerprint density at radius 3 is 2.38 bits per heavy atom. The van der Waals surface area contributed by atoms with Crippen LogP contribution in [0.25, 0.3) is 0 Å². The first-order valence-corrected chi connectivity index (χ1v) is 5.73. The van der Waals surface area contributed by atoms with Crippen LogP contribution in [0.3, 0.4) is 0 Å². The molecule has 76 valence electrons. The van der Waals surface area contributed by atoms with E-state index < -0.39 is 0 Å². The minimum atomic E-state index is 0.740. The minimum absolute atomic E-state index is 0.740. The Kier molecular flexibility index (Phi) is 2.89. The Hall–Kier alpha value is -0.0800. The third kappa shape index (κ3) is 2.23. The standard InChI is InChI=1S/C11H22N2/c1-9-3-5-13(6-4-9)11-7-10(2)12-8-11/h9-12H,3-8H2,1-2H3. The van der Waals surface area contributed by atoms with Gasteiger partial charge in [-0.15, -0.1) is 0 Å². The second-order valence-electron chi connectivity index (χ2n) is 4.92. The second-order valence-corrected chi connectivity index (χ2v) is 4.92. The summed E-state index contributed by atoms with van der Waals surface area (Å²) >= 11 is 0. The lowest BCUT2D eigenvalue weighted by Crippen LogP contribution is -2.42. The van der Waals surface area contributed by atoms with Crippen LogP contribution in [-0.2, 0) is 0 Å². The van der Waals surface area contributed by atoms with Crippen LogP contribution in [0.4, 0.5) is 0 Å². The molecule has 0 aliphatic carbocycles. The van der Waals surface area contributed by atoms with Gasteiger partial charge in [-0.05, 0) is 45.2 Å². The summed E-state index contributed by atoms with van der Waals surface area (Å²) in [4.78, 5) is 2.69. The monoisotopic (exact) mass is 182 g/mol. The largest absolute Gasteiger partial charge is 0.313 e. The van der Waals surface area contributed by atoms with E-state index in [9.17, 15) is 0 Å². The number of likely N-dealkylation sites (tertiary alicyclic amines) is 1. The normalized spacial score (nSPS) is 38.3. The molecule has 2 fully saturated rings. The summed E-state index contributed by atoms with van der Waals surface area (Å²) in [5.41, 5.74) is 0. The zero-order valence-electron chi connectivity index (χ0n) is 8.92. The van der Waals surface area contributed by atoms with Gasteiger partial charge in [-0.1, -0.05) is 6.92 Å². The minimum Gasteiger partial charge on any atom is -0.313 e. The van der Waals surface area contributed by atoms with E-state index in [2.05, 4.69) is 24.1 Å². The first kappa shape index (κ1) is 9.47. The first-order chi connectivity index (χ1) is 6.25. The van der Waals surface area contributed by atoms with Crippen molar-refractivity contribution in [1.82, 2.24) is 10.2 Å². The molecule has 2 unspecified atom stereocenters. The van der Waals surface area contributed by atoms with E-state index in [0.717, 1.165) is 18.0 Å². The van der Waals surface area contributed by atoms with Gasteiger partial charge in [0, 0.05) is 18.6 Å². The number of hydrogen-bond acceptors (Lipinski definition) is 2. The zero-order chi connectivity index (χ0) is 9.26. The van der Waals surface area contributed by atoms with Crippen molar-refractivity contribution in [1.29, 1.82) is 0 Å². The van der Waals surface area contributed by atoms with Crippen LogP contribution >= 0.6 is 0 Å². The summed E-state index contributed by atoms with van der Waals surface area (Å²) in [5, 5.41) is 3.54. The van der Waals surface area contributed by atoms with Crippen LogP contribution in [0.2, 0.25) is 0 Å². The molecule has 0 amide bonds. The molecular formula is C11H22N2. The molecule has 1 N–H and O–H groups in total. The molecule has 0 radical (unpaired) electrons. The van der Waals surface area contributed by atoms with Crippen molar-refractivity contribution in [3.05, 3.63) is 0 Å². The van der Waals surface area contributed by atoms with Gasteiger partial charge in [0.05, 0.1) is 0 Å². The Morgan fingerprint density at radius 1 is 1.15 bits per heavy atom. The molecule has 0 saturated carbocycles. The van der Waals surface area contributed by atoms with Crippen molar-refractivity contribution < 1.29 is 0 Å². The number of nitrogens with zero attached hydrogens (tertiary/aromatic N) is 1. The Morgan fingerprint density at radius 2 is 1.85 bits per heavy atom. The molecule has 2 atom stereocenters. The highest BCUT2D eigenvalue weighted by molar-refractivity contribution is 4.87. The van der Waals surface area contributed by atoms with Crippen molar-refractivity contribution in [2.24, 2.45) is 5.92 Å². The van der Waals surface area contributed by atoms with E-state index in [4.69, 9.17) is 0 Å². The van der Waals surface area contributed by atoms with E-state index in [0.29, 0.717) is 0 Å². The van der Waals surface area contributed by atoms with E-state index in [1.54, 1.807) is 0 Å². The summed E-state index contributed by atoms with van der Waals surface area (Å²) in [6.45, 7) is 8.56. The number of hydrogen-bond donors (Lipinski definition) is 1. The van der Waals surface area contributed by atoms with Crippen molar-refractivity contribution in [3.63, 3.8) is 0 Å². The Balaban J connectivity index is 1.81. The molecule has 2 heteroatoms. The topological polar surface area (TPSA) is 15.3 Å². The average molecular weight is 182 g/mol. The summed E-state index contributed by atoms with van der Waals surface area (Å²) in [5.74, 6) is 0.961. The molecule has 2 aliphatic rings. The number of nitrogens with one attached hydrogen (secondary N) is 1. The molecule has 2 heterocycles. The lowest BCUT2D eigenvalue weighted by atomic mass is 9.97. The summed E-state index contributed by atoms with van der Waals surface area (Å²) in [6.07, 6.45) is 4.17. The lowest BCUT2D eigenvalue weighted by molar-refractivity contribution is 0.145. The van der Waals surface area contributed by atoms with Crippen LogP contribution < -0.4 is 5.32 Å². The van der Waals surface area contributed by atoms with Crippen LogP contribution in [0.1, 0.15) is 33.1 Å². The first-order valence-electron chi connectivity index (χ1n) is 5.73. The predicted molar refractivity (Wildman–Crippen MR) is 55.8 cm³/mol. The maximum Gasteiger partial charge on any atom is 0.0235 e. The zero-order valence-corrected chi connectivity index (χ0v) is 8.92. The molecule has 13 heavy (non-hydrogen) atoms. The van der Waals surface area contributed by atoms with E-state index in [1.807, 2.05) is 0 Å². The highest BCUT2D eigenvalue weighted by atomic mass is 15.2. The van der Waals surface area contributed by atoms with Crippen molar-refractivity contribution in [2.45, 2.75) is 45.2 Å². The Labute approximate surface area is 81.7 Å². The summed E-state index contributed by atoms with van der Waals surface area (Å²) in [6, 6.07) is 1.58. The van der Waals surface area contributed by atoms with Crippen LogP contribution in [0.5, 0.6) is 0 Å². The van der Waals surface area contributed by atoms with Gasteiger partial charge in [0.2, 0.25) is 0 Å². The Bertz CT molecular complexity index is 161. The third-order valence-electron chi connectivity index (χ3n) is 3.66. The van der Waals surface area contributed by atoms with Crippen molar-refractivity contribution >= 4 is 0 Å². The molecule has 2 aliphatic heterocycles. The van der Waals surface area contributed by atoms with E-state index in [1.165, 1.54) is 38.9 Å². The molecule has 0 bridgehead atoms. The van der Waals surface area contributed by atoms with Gasteiger partial charge in [-0.25, -0.2) is 0 Å². The number of rotatable bonds is 1. The molecule has 2 nitrogen and oxygen atoms in total. The van der Waals surface area contributed by atoms with Gasteiger partial charge in [0.25, 0.3) is 0 Å². The highest BCUT2D eigenvalue weighted by Gasteiger charge is 2.28. The highest BCUT2D eigenvalue weighted by Crippen LogP contribution is 2.21. The van der Waals surface area contributed by atoms with Gasteiger partial charge in [0.15, 0.2) is 0 Å². The van der Waals surface area contributed by atoms with Crippen molar-refractivity contribution in [3.8, 4) is 0 Å². The quantitative estimate of drug-likeness (QED) is 0.660. The fourth-order valence-electron chi connectivity index (χ4n) is 2.58. The van der Waals surface area contributed by atoms with E-state index in [-0.39, 0.29) is 0 Å².